The van der Waals surface area contributed by atoms with Crippen molar-refractivity contribution in [2.45, 2.75) is 20.4 Å². The van der Waals surface area contributed by atoms with E-state index >= 15 is 0 Å². The van der Waals surface area contributed by atoms with Crippen LogP contribution in [-0.4, -0.2) is 16.8 Å². The van der Waals surface area contributed by atoms with Gasteiger partial charge in [0.15, 0.2) is 0 Å². The van der Waals surface area contributed by atoms with E-state index in [1.165, 1.54) is 16.7 Å². The molecule has 1 heterocycles. The van der Waals surface area contributed by atoms with Gasteiger partial charge in [0.1, 0.15) is 0 Å². The number of hydrogen-bond donors (Lipinski definition) is 1. The van der Waals surface area contributed by atoms with Crippen LogP contribution in [0.15, 0.2) is 30.6 Å². The SMILES string of the molecule is CNCc1cnn(-c2cccc(C)c2C)c1. The van der Waals surface area contributed by atoms with Gasteiger partial charge < -0.3 is 5.32 Å². The van der Waals surface area contributed by atoms with Gasteiger partial charge in [0.05, 0.1) is 11.9 Å². The van der Waals surface area contributed by atoms with Crippen LogP contribution >= 0.6 is 0 Å². The molecule has 0 fully saturated rings. The lowest BCUT2D eigenvalue weighted by Gasteiger charge is -2.07. The van der Waals surface area contributed by atoms with Crippen molar-refractivity contribution in [3.63, 3.8) is 0 Å². The van der Waals surface area contributed by atoms with Crippen molar-refractivity contribution >= 4 is 0 Å². The molecule has 1 aromatic heterocycles. The van der Waals surface area contributed by atoms with E-state index in [-0.39, 0.29) is 0 Å². The third kappa shape index (κ3) is 1.99. The van der Waals surface area contributed by atoms with Crippen molar-refractivity contribution < 1.29 is 0 Å². The summed E-state index contributed by atoms with van der Waals surface area (Å²) in [5, 5.41) is 7.51. The van der Waals surface area contributed by atoms with E-state index in [0.29, 0.717) is 0 Å². The van der Waals surface area contributed by atoms with Gasteiger partial charge in [-0.1, -0.05) is 12.1 Å². The highest BCUT2D eigenvalue weighted by molar-refractivity contribution is 5.44. The fourth-order valence-corrected chi connectivity index (χ4v) is 1.77. The Morgan fingerprint density at radius 3 is 2.88 bits per heavy atom. The van der Waals surface area contributed by atoms with E-state index in [1.54, 1.807) is 0 Å². The number of aryl methyl sites for hydroxylation is 1. The van der Waals surface area contributed by atoms with Crippen LogP contribution in [0.1, 0.15) is 16.7 Å². The lowest BCUT2D eigenvalue weighted by atomic mass is 10.1. The Kier molecular flexibility index (Phi) is 3.06. The van der Waals surface area contributed by atoms with Crippen molar-refractivity contribution in [2.24, 2.45) is 0 Å². The molecule has 2 aromatic rings. The fraction of sp³-hybridized carbons (Fsp3) is 0.308. The molecule has 2 rings (SSSR count). The van der Waals surface area contributed by atoms with E-state index in [0.717, 1.165) is 12.2 Å². The molecule has 0 atom stereocenters. The Bertz CT molecular complexity index is 486. The molecule has 0 spiro atoms. The average molecular weight is 215 g/mol. The summed E-state index contributed by atoms with van der Waals surface area (Å²) in [4.78, 5) is 0. The first kappa shape index (κ1) is 10.9. The Morgan fingerprint density at radius 1 is 1.31 bits per heavy atom. The summed E-state index contributed by atoms with van der Waals surface area (Å²) in [6, 6.07) is 6.28. The number of rotatable bonds is 3. The summed E-state index contributed by atoms with van der Waals surface area (Å²) in [7, 11) is 1.94. The largest absolute Gasteiger partial charge is 0.316 e. The number of benzene rings is 1. The Balaban J connectivity index is 2.39. The van der Waals surface area contributed by atoms with E-state index in [9.17, 15) is 0 Å². The van der Waals surface area contributed by atoms with Crippen LogP contribution in [0.2, 0.25) is 0 Å². The minimum absolute atomic E-state index is 0.852. The quantitative estimate of drug-likeness (QED) is 0.850. The molecular weight excluding hydrogens is 198 g/mol. The van der Waals surface area contributed by atoms with Crippen LogP contribution in [-0.2, 0) is 6.54 Å². The molecule has 0 aliphatic heterocycles. The fourth-order valence-electron chi connectivity index (χ4n) is 1.77. The molecular formula is C13H17N3. The molecule has 0 aliphatic rings. The lowest BCUT2D eigenvalue weighted by Crippen LogP contribution is -2.04. The average Bonchev–Trinajstić information content (AvgIpc) is 2.71. The molecule has 0 saturated carbocycles. The van der Waals surface area contributed by atoms with Crippen LogP contribution in [0, 0.1) is 13.8 Å². The maximum absolute atomic E-state index is 4.38. The van der Waals surface area contributed by atoms with E-state index in [1.807, 2.05) is 17.9 Å². The van der Waals surface area contributed by atoms with Crippen molar-refractivity contribution in [1.82, 2.24) is 15.1 Å². The standard InChI is InChI=1S/C13H17N3/c1-10-5-4-6-13(11(10)2)16-9-12(7-14-3)8-15-16/h4-6,8-9,14H,7H2,1-3H3. The maximum atomic E-state index is 4.38. The van der Waals surface area contributed by atoms with E-state index in [4.69, 9.17) is 0 Å². The van der Waals surface area contributed by atoms with Crippen molar-refractivity contribution in [1.29, 1.82) is 0 Å². The van der Waals surface area contributed by atoms with Crippen LogP contribution < -0.4 is 5.32 Å². The molecule has 0 aliphatic carbocycles. The molecule has 0 amide bonds. The van der Waals surface area contributed by atoms with E-state index in [2.05, 4.69) is 48.7 Å². The second kappa shape index (κ2) is 4.49. The molecule has 84 valence electrons. The van der Waals surface area contributed by atoms with Crippen LogP contribution in [0.5, 0.6) is 0 Å². The molecule has 3 heteroatoms. The Labute approximate surface area is 96.1 Å². The summed E-state index contributed by atoms with van der Waals surface area (Å²) in [5.74, 6) is 0. The second-order valence-corrected chi connectivity index (χ2v) is 4.04. The first-order valence-electron chi connectivity index (χ1n) is 5.47. The summed E-state index contributed by atoms with van der Waals surface area (Å²) >= 11 is 0. The van der Waals surface area contributed by atoms with Crippen LogP contribution in [0.4, 0.5) is 0 Å². The van der Waals surface area contributed by atoms with Gasteiger partial charge >= 0.3 is 0 Å². The Morgan fingerprint density at radius 2 is 2.12 bits per heavy atom. The minimum atomic E-state index is 0.852. The molecule has 0 unspecified atom stereocenters. The lowest BCUT2D eigenvalue weighted by molar-refractivity contribution is 0.816. The molecule has 1 N–H and O–H groups in total. The smallest absolute Gasteiger partial charge is 0.0677 e. The van der Waals surface area contributed by atoms with Gasteiger partial charge in [0.25, 0.3) is 0 Å². The molecule has 0 saturated heterocycles. The van der Waals surface area contributed by atoms with Crippen molar-refractivity contribution in [3.8, 4) is 5.69 Å². The third-order valence-corrected chi connectivity index (χ3v) is 2.84. The van der Waals surface area contributed by atoms with Crippen LogP contribution in [0.25, 0.3) is 5.69 Å². The van der Waals surface area contributed by atoms with Gasteiger partial charge in [0.2, 0.25) is 0 Å². The molecule has 0 bridgehead atoms. The highest BCUT2D eigenvalue weighted by Crippen LogP contribution is 2.17. The molecule has 1 aromatic carbocycles. The minimum Gasteiger partial charge on any atom is -0.316 e. The van der Waals surface area contributed by atoms with Gasteiger partial charge in [-0.25, -0.2) is 4.68 Å². The molecule has 16 heavy (non-hydrogen) atoms. The normalized spacial score (nSPS) is 10.7. The van der Waals surface area contributed by atoms with Gasteiger partial charge in [-0.05, 0) is 38.1 Å². The zero-order chi connectivity index (χ0) is 11.5. The zero-order valence-electron chi connectivity index (χ0n) is 9.99. The first-order valence-corrected chi connectivity index (χ1v) is 5.47. The predicted molar refractivity (Wildman–Crippen MR) is 65.8 cm³/mol. The highest BCUT2D eigenvalue weighted by atomic mass is 15.3. The van der Waals surface area contributed by atoms with Crippen molar-refractivity contribution in [2.75, 3.05) is 7.05 Å². The van der Waals surface area contributed by atoms with Gasteiger partial charge in [0, 0.05) is 18.3 Å². The number of nitrogens with zero attached hydrogens (tertiary/aromatic N) is 2. The van der Waals surface area contributed by atoms with E-state index < -0.39 is 0 Å². The number of aromatic nitrogens is 2. The predicted octanol–water partition coefficient (Wildman–Crippen LogP) is 2.21. The summed E-state index contributed by atoms with van der Waals surface area (Å²) in [6.07, 6.45) is 3.97. The topological polar surface area (TPSA) is 29.9 Å². The molecule has 0 radical (unpaired) electrons. The zero-order valence-corrected chi connectivity index (χ0v) is 9.99. The van der Waals surface area contributed by atoms with Gasteiger partial charge in [-0.15, -0.1) is 0 Å². The highest BCUT2D eigenvalue weighted by Gasteiger charge is 2.04. The summed E-state index contributed by atoms with van der Waals surface area (Å²) in [6.45, 7) is 5.10. The maximum Gasteiger partial charge on any atom is 0.0677 e. The first-order chi connectivity index (χ1) is 7.72. The Hall–Kier alpha value is -1.61. The third-order valence-electron chi connectivity index (χ3n) is 2.84. The number of hydrogen-bond acceptors (Lipinski definition) is 2. The molecule has 3 nitrogen and oxygen atoms in total. The monoisotopic (exact) mass is 215 g/mol. The van der Waals surface area contributed by atoms with Gasteiger partial charge in [-0.2, -0.15) is 5.10 Å². The second-order valence-electron chi connectivity index (χ2n) is 4.04. The van der Waals surface area contributed by atoms with Gasteiger partial charge in [-0.3, -0.25) is 0 Å². The van der Waals surface area contributed by atoms with Crippen LogP contribution in [0.3, 0.4) is 0 Å². The summed E-state index contributed by atoms with van der Waals surface area (Å²) in [5.41, 5.74) is 4.93. The summed E-state index contributed by atoms with van der Waals surface area (Å²) < 4.78 is 1.94. The van der Waals surface area contributed by atoms with Crippen molar-refractivity contribution in [3.05, 3.63) is 47.3 Å². The number of nitrogens with one attached hydrogen (secondary N) is 1.